The van der Waals surface area contributed by atoms with Crippen molar-refractivity contribution in [3.05, 3.63) is 63.7 Å². The summed E-state index contributed by atoms with van der Waals surface area (Å²) in [6.07, 6.45) is 0.897. The highest BCUT2D eigenvalue weighted by Crippen LogP contribution is 2.32. The zero-order valence-corrected chi connectivity index (χ0v) is 11.4. The van der Waals surface area contributed by atoms with E-state index in [4.69, 9.17) is 10.5 Å². The Morgan fingerprint density at radius 1 is 1.24 bits per heavy atom. The number of ether oxygens (including phenoxy) is 1. The Bertz CT molecular complexity index is 681. The number of carbonyl (C=O) groups excluding carboxylic acids is 1. The summed E-state index contributed by atoms with van der Waals surface area (Å²) in [5, 5.41) is 11.1. The van der Waals surface area contributed by atoms with Gasteiger partial charge in [-0.15, -0.1) is 0 Å². The van der Waals surface area contributed by atoms with E-state index in [2.05, 4.69) is 0 Å². The van der Waals surface area contributed by atoms with Crippen LogP contribution in [0.4, 0.5) is 5.69 Å². The van der Waals surface area contributed by atoms with Gasteiger partial charge in [-0.05, 0) is 36.2 Å². The number of nitrogens with two attached hydrogens (primary N) is 1. The van der Waals surface area contributed by atoms with Gasteiger partial charge in [0.1, 0.15) is 5.75 Å². The molecule has 0 radical (unpaired) electrons. The van der Waals surface area contributed by atoms with E-state index in [0.29, 0.717) is 5.75 Å². The Kier molecular flexibility index (Phi) is 4.18. The summed E-state index contributed by atoms with van der Waals surface area (Å²) in [5.74, 6) is -0.173. The molecule has 1 amide bonds. The van der Waals surface area contributed by atoms with Gasteiger partial charge >= 0.3 is 5.69 Å². The number of amides is 1. The molecule has 0 aliphatic rings. The normalized spacial score (nSPS) is 10.1. The summed E-state index contributed by atoms with van der Waals surface area (Å²) >= 11 is 0. The van der Waals surface area contributed by atoms with Crippen molar-refractivity contribution in [2.24, 2.45) is 5.73 Å². The molecule has 0 heterocycles. The SMILES string of the molecule is CCc1ccc(Oc2ccc(C(N)=O)cc2[N+](=O)[O-])cc1. The lowest BCUT2D eigenvalue weighted by atomic mass is 10.1. The van der Waals surface area contributed by atoms with Crippen LogP contribution in [-0.4, -0.2) is 10.8 Å². The van der Waals surface area contributed by atoms with Gasteiger partial charge in [0.05, 0.1) is 4.92 Å². The highest BCUT2D eigenvalue weighted by atomic mass is 16.6. The van der Waals surface area contributed by atoms with Gasteiger partial charge in [-0.3, -0.25) is 14.9 Å². The molecule has 2 aromatic carbocycles. The lowest BCUT2D eigenvalue weighted by Gasteiger charge is -2.07. The fraction of sp³-hybridized carbons (Fsp3) is 0.133. The smallest absolute Gasteiger partial charge is 0.312 e. The first-order valence-corrected chi connectivity index (χ1v) is 6.36. The number of nitrogens with zero attached hydrogens (tertiary/aromatic N) is 1. The molecule has 0 saturated heterocycles. The third kappa shape index (κ3) is 3.36. The summed E-state index contributed by atoms with van der Waals surface area (Å²) in [5.41, 5.74) is 6.02. The molecule has 0 saturated carbocycles. The second kappa shape index (κ2) is 6.04. The summed E-state index contributed by atoms with van der Waals surface area (Å²) < 4.78 is 5.51. The molecule has 2 aromatic rings. The number of carbonyl (C=O) groups is 1. The average molecular weight is 286 g/mol. The molecule has 2 rings (SSSR count). The summed E-state index contributed by atoms with van der Waals surface area (Å²) in [6.45, 7) is 2.03. The van der Waals surface area contributed by atoms with Gasteiger partial charge < -0.3 is 10.5 Å². The Morgan fingerprint density at radius 3 is 2.43 bits per heavy atom. The van der Waals surface area contributed by atoms with Crippen LogP contribution in [-0.2, 0) is 6.42 Å². The minimum absolute atomic E-state index is 0.0641. The lowest BCUT2D eigenvalue weighted by molar-refractivity contribution is -0.385. The standard InChI is InChI=1S/C15H14N2O4/c1-2-10-3-6-12(7-4-10)21-14-8-5-11(15(16)18)9-13(14)17(19)20/h3-9H,2H2,1H3,(H2,16,18). The molecule has 0 aliphatic heterocycles. The molecule has 6 nitrogen and oxygen atoms in total. The Balaban J connectivity index is 2.34. The number of benzene rings is 2. The Morgan fingerprint density at radius 2 is 1.90 bits per heavy atom. The van der Waals surface area contributed by atoms with Gasteiger partial charge in [-0.2, -0.15) is 0 Å². The molecule has 2 N–H and O–H groups in total. The van der Waals surface area contributed by atoms with Gasteiger partial charge in [0.25, 0.3) is 0 Å². The predicted octanol–water partition coefficient (Wildman–Crippen LogP) is 3.05. The van der Waals surface area contributed by atoms with E-state index in [9.17, 15) is 14.9 Å². The van der Waals surface area contributed by atoms with Crippen LogP contribution in [0.5, 0.6) is 11.5 Å². The molecule has 0 aliphatic carbocycles. The van der Waals surface area contributed by atoms with Crippen molar-refractivity contribution in [2.45, 2.75) is 13.3 Å². The second-order valence-electron chi connectivity index (χ2n) is 4.40. The number of aryl methyl sites for hydroxylation is 1. The van der Waals surface area contributed by atoms with Gasteiger partial charge in [0.15, 0.2) is 0 Å². The van der Waals surface area contributed by atoms with E-state index < -0.39 is 10.8 Å². The summed E-state index contributed by atoms with van der Waals surface area (Å²) in [6, 6.07) is 11.1. The third-order valence-corrected chi connectivity index (χ3v) is 3.00. The number of hydrogen-bond acceptors (Lipinski definition) is 4. The van der Waals surface area contributed by atoms with Gasteiger partial charge in [-0.1, -0.05) is 19.1 Å². The van der Waals surface area contributed by atoms with E-state index >= 15 is 0 Å². The van der Waals surface area contributed by atoms with Crippen molar-refractivity contribution in [2.75, 3.05) is 0 Å². The molecule has 108 valence electrons. The van der Waals surface area contributed by atoms with Crippen molar-refractivity contribution >= 4 is 11.6 Å². The monoisotopic (exact) mass is 286 g/mol. The highest BCUT2D eigenvalue weighted by Gasteiger charge is 2.18. The van der Waals surface area contributed by atoms with Crippen molar-refractivity contribution in [3.63, 3.8) is 0 Å². The fourth-order valence-corrected chi connectivity index (χ4v) is 1.82. The zero-order chi connectivity index (χ0) is 15.4. The first kappa shape index (κ1) is 14.5. The molecule has 21 heavy (non-hydrogen) atoms. The highest BCUT2D eigenvalue weighted by molar-refractivity contribution is 5.93. The van der Waals surface area contributed by atoms with Gasteiger partial charge in [-0.25, -0.2) is 0 Å². The van der Waals surface area contributed by atoms with Crippen LogP contribution in [0.1, 0.15) is 22.8 Å². The van der Waals surface area contributed by atoms with Crippen LogP contribution >= 0.6 is 0 Å². The van der Waals surface area contributed by atoms with Crippen molar-refractivity contribution in [3.8, 4) is 11.5 Å². The third-order valence-electron chi connectivity index (χ3n) is 3.00. The molecule has 0 unspecified atom stereocenters. The van der Waals surface area contributed by atoms with Crippen LogP contribution in [0.3, 0.4) is 0 Å². The number of primary amides is 1. The van der Waals surface area contributed by atoms with Gasteiger partial charge in [0.2, 0.25) is 11.7 Å². The number of nitro groups is 1. The zero-order valence-electron chi connectivity index (χ0n) is 11.4. The quantitative estimate of drug-likeness (QED) is 0.675. The summed E-state index contributed by atoms with van der Waals surface area (Å²) in [7, 11) is 0. The van der Waals surface area contributed by atoms with Crippen LogP contribution in [0, 0.1) is 10.1 Å². The fourth-order valence-electron chi connectivity index (χ4n) is 1.82. The predicted molar refractivity (Wildman–Crippen MR) is 77.5 cm³/mol. The topological polar surface area (TPSA) is 95.5 Å². The molecule has 0 bridgehead atoms. The van der Waals surface area contributed by atoms with Gasteiger partial charge in [0, 0.05) is 11.6 Å². The number of hydrogen-bond donors (Lipinski definition) is 1. The molecule has 0 spiro atoms. The minimum atomic E-state index is -0.725. The maximum Gasteiger partial charge on any atom is 0.312 e. The van der Waals surface area contributed by atoms with Crippen molar-refractivity contribution in [1.29, 1.82) is 0 Å². The number of nitro benzene ring substituents is 1. The van der Waals surface area contributed by atoms with Crippen LogP contribution in [0.25, 0.3) is 0 Å². The Hall–Kier alpha value is -2.89. The minimum Gasteiger partial charge on any atom is -0.450 e. The molecular formula is C15H14N2O4. The molecule has 0 atom stereocenters. The first-order chi connectivity index (χ1) is 10.0. The van der Waals surface area contributed by atoms with Crippen LogP contribution < -0.4 is 10.5 Å². The maximum atomic E-state index is 11.1. The lowest BCUT2D eigenvalue weighted by Crippen LogP contribution is -2.11. The van der Waals surface area contributed by atoms with E-state index in [-0.39, 0.29) is 17.0 Å². The van der Waals surface area contributed by atoms with Crippen LogP contribution in [0.2, 0.25) is 0 Å². The molecule has 6 heteroatoms. The first-order valence-electron chi connectivity index (χ1n) is 6.36. The largest absolute Gasteiger partial charge is 0.450 e. The number of rotatable bonds is 5. The molecule has 0 aromatic heterocycles. The van der Waals surface area contributed by atoms with E-state index in [1.54, 1.807) is 12.1 Å². The molecule has 0 fully saturated rings. The average Bonchev–Trinajstić information content (AvgIpc) is 2.48. The van der Waals surface area contributed by atoms with Crippen LogP contribution in [0.15, 0.2) is 42.5 Å². The summed E-state index contributed by atoms with van der Waals surface area (Å²) in [4.78, 5) is 21.5. The van der Waals surface area contributed by atoms with E-state index in [0.717, 1.165) is 18.1 Å². The van der Waals surface area contributed by atoms with Crippen molar-refractivity contribution < 1.29 is 14.5 Å². The van der Waals surface area contributed by atoms with E-state index in [1.807, 2.05) is 19.1 Å². The second-order valence-corrected chi connectivity index (χ2v) is 4.40. The van der Waals surface area contributed by atoms with E-state index in [1.165, 1.54) is 12.1 Å². The Labute approximate surface area is 121 Å². The molecular weight excluding hydrogens is 272 g/mol. The van der Waals surface area contributed by atoms with Crippen molar-refractivity contribution in [1.82, 2.24) is 0 Å². The maximum absolute atomic E-state index is 11.1.